The Balaban J connectivity index is 3.13. The van der Waals surface area contributed by atoms with Gasteiger partial charge in [0.25, 0.3) is 0 Å². The topological polar surface area (TPSA) is 51.6 Å². The van der Waals surface area contributed by atoms with E-state index < -0.39 is 0 Å². The fourth-order valence-electron chi connectivity index (χ4n) is 1.36. The van der Waals surface area contributed by atoms with Crippen molar-refractivity contribution in [1.82, 2.24) is 4.98 Å². The van der Waals surface area contributed by atoms with Crippen molar-refractivity contribution in [3.8, 4) is 5.75 Å². The van der Waals surface area contributed by atoms with Gasteiger partial charge in [-0.15, -0.1) is 0 Å². The van der Waals surface area contributed by atoms with E-state index in [4.69, 9.17) is 14.6 Å². The number of methoxy groups -OCH3 is 2. The third kappa shape index (κ3) is 2.02. The first-order valence-corrected chi connectivity index (χ1v) is 4.35. The first kappa shape index (κ1) is 10.9. The highest BCUT2D eigenvalue weighted by Gasteiger charge is 2.10. The maximum Gasteiger partial charge on any atom is 0.146 e. The molecule has 0 aromatic carbocycles. The van der Waals surface area contributed by atoms with Crippen LogP contribution in [0.2, 0.25) is 0 Å². The van der Waals surface area contributed by atoms with E-state index in [1.165, 1.54) is 0 Å². The maximum atomic E-state index is 9.02. The molecule has 4 heteroatoms. The second-order valence-corrected chi connectivity index (χ2v) is 2.98. The Morgan fingerprint density at radius 1 is 1.43 bits per heavy atom. The summed E-state index contributed by atoms with van der Waals surface area (Å²) in [4.78, 5) is 4.09. The molecule has 0 spiro atoms. The van der Waals surface area contributed by atoms with Crippen molar-refractivity contribution in [1.29, 1.82) is 0 Å². The highest BCUT2D eigenvalue weighted by Crippen LogP contribution is 2.24. The molecule has 1 aromatic rings. The van der Waals surface area contributed by atoms with Gasteiger partial charge >= 0.3 is 0 Å². The van der Waals surface area contributed by atoms with Gasteiger partial charge in [-0.25, -0.2) is 0 Å². The van der Waals surface area contributed by atoms with Crippen LogP contribution in [-0.2, 0) is 18.0 Å². The monoisotopic (exact) mass is 197 g/mol. The molecule has 0 fully saturated rings. The molecule has 1 N–H and O–H groups in total. The molecule has 1 heterocycles. The minimum Gasteiger partial charge on any atom is -0.494 e. The van der Waals surface area contributed by atoms with E-state index in [2.05, 4.69) is 4.98 Å². The number of aromatic nitrogens is 1. The summed E-state index contributed by atoms with van der Waals surface area (Å²) in [5.74, 6) is 0.641. The summed E-state index contributed by atoms with van der Waals surface area (Å²) in [6.45, 7) is 2.31. The van der Waals surface area contributed by atoms with E-state index in [1.807, 2.05) is 6.92 Å². The lowest BCUT2D eigenvalue weighted by molar-refractivity contribution is 0.183. The highest BCUT2D eigenvalue weighted by molar-refractivity contribution is 5.40. The van der Waals surface area contributed by atoms with Gasteiger partial charge in [-0.1, -0.05) is 0 Å². The molecule has 0 saturated heterocycles. The number of hydrogen-bond donors (Lipinski definition) is 1. The smallest absolute Gasteiger partial charge is 0.146 e. The average Bonchev–Trinajstić information content (AvgIpc) is 2.21. The average molecular weight is 197 g/mol. The van der Waals surface area contributed by atoms with Gasteiger partial charge in [0.2, 0.25) is 0 Å². The van der Waals surface area contributed by atoms with Crippen molar-refractivity contribution < 1.29 is 14.6 Å². The minimum atomic E-state index is -0.114. The fourth-order valence-corrected chi connectivity index (χ4v) is 1.36. The molecule has 0 aliphatic heterocycles. The van der Waals surface area contributed by atoms with Crippen LogP contribution in [0.1, 0.15) is 16.8 Å². The Labute approximate surface area is 83.5 Å². The van der Waals surface area contributed by atoms with Gasteiger partial charge in [-0.05, 0) is 6.92 Å². The molecular weight excluding hydrogens is 182 g/mol. The molecule has 0 saturated carbocycles. The summed E-state index contributed by atoms with van der Waals surface area (Å²) in [7, 11) is 3.20. The zero-order chi connectivity index (χ0) is 10.6. The van der Waals surface area contributed by atoms with E-state index >= 15 is 0 Å². The predicted octanol–water partition coefficient (Wildman–Crippen LogP) is 1.04. The van der Waals surface area contributed by atoms with Crippen molar-refractivity contribution in [2.24, 2.45) is 0 Å². The van der Waals surface area contributed by atoms with Crippen molar-refractivity contribution in [2.75, 3.05) is 14.2 Å². The van der Waals surface area contributed by atoms with E-state index in [-0.39, 0.29) is 6.61 Å². The van der Waals surface area contributed by atoms with Crippen LogP contribution in [0.25, 0.3) is 0 Å². The fraction of sp³-hybridized carbons (Fsp3) is 0.500. The van der Waals surface area contributed by atoms with Gasteiger partial charge in [-0.3, -0.25) is 4.98 Å². The lowest BCUT2D eigenvalue weighted by atomic mass is 10.1. The summed E-state index contributed by atoms with van der Waals surface area (Å²) in [5, 5.41) is 9.02. The molecule has 1 rings (SSSR count). The molecule has 0 radical (unpaired) electrons. The van der Waals surface area contributed by atoms with E-state index in [9.17, 15) is 0 Å². The Bertz CT molecular complexity index is 312. The van der Waals surface area contributed by atoms with Gasteiger partial charge in [0.15, 0.2) is 0 Å². The number of nitrogens with zero attached hydrogens (tertiary/aromatic N) is 1. The number of ether oxygens (including phenoxy) is 2. The standard InChI is InChI=1S/C10H15NO3/c1-7-8(6-13-2)4-11-9(5-12)10(7)14-3/h4,12H,5-6H2,1-3H3. The molecule has 0 unspecified atom stereocenters. The quantitative estimate of drug-likeness (QED) is 0.783. The van der Waals surface area contributed by atoms with Crippen molar-refractivity contribution in [3.63, 3.8) is 0 Å². The number of rotatable bonds is 4. The SMILES string of the molecule is COCc1cnc(CO)c(OC)c1C. The summed E-state index contributed by atoms with van der Waals surface area (Å²) in [6, 6.07) is 0. The third-order valence-electron chi connectivity index (χ3n) is 2.11. The molecule has 0 aliphatic rings. The Hall–Kier alpha value is -1.13. The highest BCUT2D eigenvalue weighted by atomic mass is 16.5. The molecule has 14 heavy (non-hydrogen) atoms. The largest absolute Gasteiger partial charge is 0.494 e. The van der Waals surface area contributed by atoms with Gasteiger partial charge in [0, 0.05) is 24.4 Å². The Morgan fingerprint density at radius 2 is 2.14 bits per heavy atom. The van der Waals surface area contributed by atoms with Crippen molar-refractivity contribution >= 4 is 0 Å². The molecule has 1 aromatic heterocycles. The van der Waals surface area contributed by atoms with Crippen LogP contribution in [0.5, 0.6) is 5.75 Å². The van der Waals surface area contributed by atoms with Crippen LogP contribution < -0.4 is 4.74 Å². The molecule has 0 atom stereocenters. The van der Waals surface area contributed by atoms with Gasteiger partial charge < -0.3 is 14.6 Å². The van der Waals surface area contributed by atoms with Gasteiger partial charge in [-0.2, -0.15) is 0 Å². The molecule has 0 amide bonds. The summed E-state index contributed by atoms with van der Waals surface area (Å²) in [5.41, 5.74) is 2.50. The van der Waals surface area contributed by atoms with Crippen LogP contribution in [0.15, 0.2) is 6.20 Å². The van der Waals surface area contributed by atoms with Crippen molar-refractivity contribution in [3.05, 3.63) is 23.0 Å². The lowest BCUT2D eigenvalue weighted by Gasteiger charge is -2.12. The molecular formula is C10H15NO3. The van der Waals surface area contributed by atoms with Crippen LogP contribution >= 0.6 is 0 Å². The first-order valence-electron chi connectivity index (χ1n) is 4.35. The van der Waals surface area contributed by atoms with Crippen LogP contribution in [0, 0.1) is 6.92 Å². The predicted molar refractivity (Wildman–Crippen MR) is 52.2 cm³/mol. The van der Waals surface area contributed by atoms with E-state index in [1.54, 1.807) is 20.4 Å². The number of hydrogen-bond acceptors (Lipinski definition) is 4. The Kier molecular flexibility index (Phi) is 3.85. The van der Waals surface area contributed by atoms with Gasteiger partial charge in [0.05, 0.1) is 20.3 Å². The van der Waals surface area contributed by atoms with Crippen LogP contribution in [0.3, 0.4) is 0 Å². The number of aliphatic hydroxyl groups excluding tert-OH is 1. The number of pyridine rings is 1. The Morgan fingerprint density at radius 3 is 2.64 bits per heavy atom. The van der Waals surface area contributed by atoms with E-state index in [0.29, 0.717) is 18.1 Å². The summed E-state index contributed by atoms with van der Waals surface area (Å²) >= 11 is 0. The van der Waals surface area contributed by atoms with E-state index in [0.717, 1.165) is 11.1 Å². The van der Waals surface area contributed by atoms with Gasteiger partial charge in [0.1, 0.15) is 11.4 Å². The second-order valence-electron chi connectivity index (χ2n) is 2.98. The van der Waals surface area contributed by atoms with Crippen LogP contribution in [-0.4, -0.2) is 24.3 Å². The molecule has 0 aliphatic carbocycles. The second kappa shape index (κ2) is 4.93. The number of aliphatic hydroxyl groups is 1. The zero-order valence-corrected chi connectivity index (χ0v) is 8.70. The van der Waals surface area contributed by atoms with Crippen molar-refractivity contribution in [2.45, 2.75) is 20.1 Å². The third-order valence-corrected chi connectivity index (χ3v) is 2.11. The minimum absolute atomic E-state index is 0.114. The maximum absolute atomic E-state index is 9.02. The summed E-state index contributed by atoms with van der Waals surface area (Å²) in [6.07, 6.45) is 1.70. The normalized spacial score (nSPS) is 10.3. The molecule has 0 bridgehead atoms. The molecule has 4 nitrogen and oxygen atoms in total. The lowest BCUT2D eigenvalue weighted by Crippen LogP contribution is -2.02. The zero-order valence-electron chi connectivity index (χ0n) is 8.70. The summed E-state index contributed by atoms with van der Waals surface area (Å²) < 4.78 is 10.2. The molecule has 78 valence electrons. The van der Waals surface area contributed by atoms with Crippen LogP contribution in [0.4, 0.5) is 0 Å². The first-order chi connectivity index (χ1) is 6.74.